The highest BCUT2D eigenvalue weighted by Crippen LogP contribution is 2.30. The average molecular weight is 433 g/mol. The van der Waals surface area contributed by atoms with Gasteiger partial charge in [-0.1, -0.05) is 18.2 Å². The van der Waals surface area contributed by atoms with Gasteiger partial charge in [0.05, 0.1) is 32.0 Å². The number of nitrogens with one attached hydrogen (secondary N) is 1. The molecule has 4 aromatic rings. The maximum Gasteiger partial charge on any atom is 0.255 e. The molecule has 4 rings (SSSR count). The summed E-state index contributed by atoms with van der Waals surface area (Å²) in [5, 5.41) is 4.10. The number of halogens is 1. The molecule has 0 aliphatic carbocycles. The van der Waals surface area contributed by atoms with Crippen molar-refractivity contribution >= 4 is 10.9 Å². The molecule has 2 aromatic carbocycles. The lowest BCUT2D eigenvalue weighted by Gasteiger charge is -2.15. The third kappa shape index (κ3) is 4.48. The van der Waals surface area contributed by atoms with Crippen molar-refractivity contribution < 1.29 is 13.9 Å². The number of pyridine rings is 2. The second-order valence-electron chi connectivity index (χ2n) is 7.34. The zero-order valence-electron chi connectivity index (χ0n) is 18.0. The zero-order valence-corrected chi connectivity index (χ0v) is 18.0. The summed E-state index contributed by atoms with van der Waals surface area (Å²) in [6.07, 6.45) is 1.68. The first kappa shape index (κ1) is 21.5. The van der Waals surface area contributed by atoms with Crippen molar-refractivity contribution in [2.75, 3.05) is 14.2 Å². The van der Waals surface area contributed by atoms with Gasteiger partial charge in [0.2, 0.25) is 0 Å². The first-order chi connectivity index (χ1) is 15.6. The van der Waals surface area contributed by atoms with Crippen LogP contribution in [0.25, 0.3) is 10.9 Å². The van der Waals surface area contributed by atoms with E-state index in [1.54, 1.807) is 31.0 Å². The Morgan fingerprint density at radius 2 is 1.81 bits per heavy atom. The van der Waals surface area contributed by atoms with E-state index in [0.717, 1.165) is 16.6 Å². The Morgan fingerprint density at radius 3 is 2.56 bits per heavy atom. The molecule has 0 radical (unpaired) electrons. The van der Waals surface area contributed by atoms with Gasteiger partial charge >= 0.3 is 0 Å². The zero-order chi connectivity index (χ0) is 22.5. The van der Waals surface area contributed by atoms with Crippen molar-refractivity contribution in [3.63, 3.8) is 0 Å². The summed E-state index contributed by atoms with van der Waals surface area (Å²) in [5.74, 6) is 0.920. The first-order valence-corrected chi connectivity index (χ1v) is 10.2. The summed E-state index contributed by atoms with van der Waals surface area (Å²) in [6.45, 7) is 1.09. The van der Waals surface area contributed by atoms with Gasteiger partial charge in [-0.3, -0.25) is 9.78 Å². The Labute approximate surface area is 185 Å². The summed E-state index contributed by atoms with van der Waals surface area (Å²) in [4.78, 5) is 17.6. The van der Waals surface area contributed by atoms with Crippen LogP contribution in [0.5, 0.6) is 11.5 Å². The lowest BCUT2D eigenvalue weighted by Crippen LogP contribution is -2.28. The van der Waals surface area contributed by atoms with Gasteiger partial charge in [-0.2, -0.15) is 0 Å². The van der Waals surface area contributed by atoms with Gasteiger partial charge in [0.15, 0.2) is 11.5 Å². The molecule has 0 amide bonds. The summed E-state index contributed by atoms with van der Waals surface area (Å²) < 4.78 is 26.3. The number of rotatable bonds is 8. The molecule has 0 bridgehead atoms. The molecular weight excluding hydrogens is 409 g/mol. The molecule has 0 saturated carbocycles. The first-order valence-electron chi connectivity index (χ1n) is 10.2. The number of methoxy groups -OCH3 is 2. The second kappa shape index (κ2) is 9.62. The Balaban J connectivity index is 1.64. The molecule has 1 N–H and O–H groups in total. The smallest absolute Gasteiger partial charge is 0.255 e. The lowest BCUT2D eigenvalue weighted by molar-refractivity contribution is 0.350. The third-order valence-corrected chi connectivity index (χ3v) is 5.29. The number of para-hydroxylation sites is 1. The molecule has 0 aliphatic rings. The van der Waals surface area contributed by atoms with Crippen LogP contribution in [0.15, 0.2) is 71.7 Å². The van der Waals surface area contributed by atoms with Gasteiger partial charge in [0, 0.05) is 30.4 Å². The van der Waals surface area contributed by atoms with Crippen LogP contribution >= 0.6 is 0 Å². The molecule has 32 heavy (non-hydrogen) atoms. The van der Waals surface area contributed by atoms with Gasteiger partial charge in [0.1, 0.15) is 5.82 Å². The lowest BCUT2D eigenvalue weighted by atomic mass is 10.1. The van der Waals surface area contributed by atoms with E-state index in [0.29, 0.717) is 35.7 Å². The Morgan fingerprint density at radius 1 is 0.969 bits per heavy atom. The van der Waals surface area contributed by atoms with Crippen LogP contribution in [0.1, 0.15) is 16.8 Å². The normalized spacial score (nSPS) is 11.0. The molecule has 0 aliphatic heterocycles. The van der Waals surface area contributed by atoms with Crippen LogP contribution in [0.2, 0.25) is 0 Å². The van der Waals surface area contributed by atoms with E-state index >= 15 is 0 Å². The SMILES string of the molecule is COc1cccc(CNCc2cc3ccc(F)cc3n(Cc3ccccn3)c2=O)c1OC. The summed E-state index contributed by atoms with van der Waals surface area (Å²) in [7, 11) is 3.19. The topological polar surface area (TPSA) is 65.4 Å². The summed E-state index contributed by atoms with van der Waals surface area (Å²) >= 11 is 0. The monoisotopic (exact) mass is 433 g/mol. The summed E-state index contributed by atoms with van der Waals surface area (Å²) in [6, 6.07) is 17.5. The average Bonchev–Trinajstić information content (AvgIpc) is 2.82. The molecule has 0 fully saturated rings. The fourth-order valence-electron chi connectivity index (χ4n) is 3.77. The molecule has 0 spiro atoms. The molecule has 164 valence electrons. The molecule has 2 aromatic heterocycles. The quantitative estimate of drug-likeness (QED) is 0.457. The highest BCUT2D eigenvalue weighted by atomic mass is 19.1. The van der Waals surface area contributed by atoms with Gasteiger partial charge in [-0.25, -0.2) is 4.39 Å². The van der Waals surface area contributed by atoms with E-state index in [2.05, 4.69) is 10.3 Å². The second-order valence-corrected chi connectivity index (χ2v) is 7.34. The minimum absolute atomic E-state index is 0.182. The van der Waals surface area contributed by atoms with Crippen LogP contribution in [0, 0.1) is 5.82 Å². The van der Waals surface area contributed by atoms with Crippen LogP contribution < -0.4 is 20.3 Å². The predicted molar refractivity (Wildman–Crippen MR) is 122 cm³/mol. The molecule has 0 unspecified atom stereocenters. The van der Waals surface area contributed by atoms with E-state index in [-0.39, 0.29) is 17.9 Å². The van der Waals surface area contributed by atoms with Crippen molar-refractivity contribution in [1.29, 1.82) is 0 Å². The molecule has 0 atom stereocenters. The summed E-state index contributed by atoms with van der Waals surface area (Å²) in [5.41, 5.74) is 2.59. The standard InChI is InChI=1S/C25H24FN3O3/c1-31-23-8-5-6-18(24(23)32-2)14-27-15-19-12-17-9-10-20(26)13-22(17)29(25(19)30)16-21-7-3-4-11-28-21/h3-13,27H,14-16H2,1-2H3. The van der Waals surface area contributed by atoms with Crippen LogP contribution in [-0.4, -0.2) is 23.8 Å². The molecule has 7 heteroatoms. The van der Waals surface area contributed by atoms with Crippen molar-refractivity contribution in [2.45, 2.75) is 19.6 Å². The largest absolute Gasteiger partial charge is 0.493 e. The van der Waals surface area contributed by atoms with Gasteiger partial charge in [-0.15, -0.1) is 0 Å². The van der Waals surface area contributed by atoms with E-state index in [1.807, 2.05) is 42.5 Å². The Kier molecular flexibility index (Phi) is 6.47. The van der Waals surface area contributed by atoms with Gasteiger partial charge in [0.25, 0.3) is 5.56 Å². The van der Waals surface area contributed by atoms with E-state index in [1.165, 1.54) is 12.1 Å². The number of fused-ring (bicyclic) bond motifs is 1. The van der Waals surface area contributed by atoms with Crippen molar-refractivity contribution in [2.24, 2.45) is 0 Å². The van der Waals surface area contributed by atoms with Crippen molar-refractivity contribution in [3.8, 4) is 11.5 Å². The van der Waals surface area contributed by atoms with Crippen LogP contribution in [0.4, 0.5) is 4.39 Å². The molecule has 6 nitrogen and oxygen atoms in total. The van der Waals surface area contributed by atoms with E-state index < -0.39 is 0 Å². The number of nitrogens with zero attached hydrogens (tertiary/aromatic N) is 2. The number of ether oxygens (including phenoxy) is 2. The van der Waals surface area contributed by atoms with Crippen LogP contribution in [-0.2, 0) is 19.6 Å². The minimum Gasteiger partial charge on any atom is -0.493 e. The predicted octanol–water partition coefficient (Wildman–Crippen LogP) is 3.89. The fraction of sp³-hybridized carbons (Fsp3) is 0.200. The Bertz CT molecular complexity index is 1290. The number of benzene rings is 2. The minimum atomic E-state index is -0.386. The van der Waals surface area contributed by atoms with E-state index in [9.17, 15) is 9.18 Å². The molecule has 2 heterocycles. The highest BCUT2D eigenvalue weighted by molar-refractivity contribution is 5.79. The third-order valence-electron chi connectivity index (χ3n) is 5.29. The maximum absolute atomic E-state index is 13.9. The van der Waals surface area contributed by atoms with E-state index in [4.69, 9.17) is 9.47 Å². The highest BCUT2D eigenvalue weighted by Gasteiger charge is 2.13. The van der Waals surface area contributed by atoms with Gasteiger partial charge < -0.3 is 19.4 Å². The van der Waals surface area contributed by atoms with Crippen LogP contribution in [0.3, 0.4) is 0 Å². The number of hydrogen-bond acceptors (Lipinski definition) is 5. The Hall–Kier alpha value is -3.71. The molecule has 0 saturated heterocycles. The van der Waals surface area contributed by atoms with Gasteiger partial charge in [-0.05, 0) is 47.9 Å². The molecular formula is C25H24FN3O3. The maximum atomic E-state index is 13.9. The number of hydrogen-bond donors (Lipinski definition) is 1. The number of aromatic nitrogens is 2. The fourth-order valence-corrected chi connectivity index (χ4v) is 3.77. The van der Waals surface area contributed by atoms with Crippen molar-refractivity contribution in [1.82, 2.24) is 14.9 Å². The van der Waals surface area contributed by atoms with Crippen molar-refractivity contribution in [3.05, 3.63) is 99.9 Å².